The SMILES string of the molecule is c1ccc2c(c1)SC(=C1c3sccc3-c3ccsc31)S2. The summed E-state index contributed by atoms with van der Waals surface area (Å²) in [6.45, 7) is 0. The van der Waals surface area contributed by atoms with Crippen LogP contribution in [0.15, 0.2) is 61.2 Å². The van der Waals surface area contributed by atoms with Crippen LogP contribution in [0.4, 0.5) is 0 Å². The van der Waals surface area contributed by atoms with Crippen LogP contribution >= 0.6 is 46.2 Å². The topological polar surface area (TPSA) is 0 Å². The maximum Gasteiger partial charge on any atom is 0.0600 e. The standard InChI is InChI=1S/C16H8S4/c1-2-4-12-11(3-1)19-16(20-12)13-14-9(5-7-17-14)10-6-8-18-15(10)13/h1-8H. The summed E-state index contributed by atoms with van der Waals surface area (Å²) in [5.41, 5.74) is 4.31. The maximum absolute atomic E-state index is 2.26. The number of benzene rings is 1. The largest absolute Gasteiger partial charge is 0.143 e. The number of hydrogen-bond acceptors (Lipinski definition) is 4. The van der Waals surface area contributed by atoms with E-state index >= 15 is 0 Å². The molecular formula is C16H8S4. The predicted molar refractivity (Wildman–Crippen MR) is 91.8 cm³/mol. The Morgan fingerprint density at radius 1 is 0.650 bits per heavy atom. The molecule has 5 rings (SSSR count). The molecule has 0 nitrogen and oxygen atoms in total. The molecule has 1 aliphatic carbocycles. The summed E-state index contributed by atoms with van der Waals surface area (Å²) in [5, 5.41) is 4.42. The lowest BCUT2D eigenvalue weighted by Gasteiger charge is -2.02. The molecule has 0 atom stereocenters. The van der Waals surface area contributed by atoms with E-state index in [0.717, 1.165) is 0 Å². The van der Waals surface area contributed by atoms with Crippen molar-refractivity contribution >= 4 is 51.8 Å². The Bertz CT molecular complexity index is 797. The smallest absolute Gasteiger partial charge is 0.0600 e. The third kappa shape index (κ3) is 1.51. The van der Waals surface area contributed by atoms with Gasteiger partial charge in [0.05, 0.1) is 4.24 Å². The number of rotatable bonds is 0. The van der Waals surface area contributed by atoms with Gasteiger partial charge in [-0.1, -0.05) is 35.7 Å². The van der Waals surface area contributed by atoms with Crippen LogP contribution in [0.1, 0.15) is 9.75 Å². The van der Waals surface area contributed by atoms with Gasteiger partial charge in [-0.25, -0.2) is 0 Å². The monoisotopic (exact) mass is 328 g/mol. The lowest BCUT2D eigenvalue weighted by Crippen LogP contribution is -1.76. The molecule has 3 aromatic rings. The number of thiophene rings is 2. The average molecular weight is 329 g/mol. The molecule has 0 bridgehead atoms. The molecule has 0 fully saturated rings. The number of thioether (sulfide) groups is 2. The second-order valence-electron chi connectivity index (χ2n) is 4.64. The summed E-state index contributed by atoms with van der Waals surface area (Å²) < 4.78 is 1.44. The van der Waals surface area contributed by atoms with Crippen LogP contribution in [0.2, 0.25) is 0 Å². The highest BCUT2D eigenvalue weighted by Gasteiger charge is 2.31. The van der Waals surface area contributed by atoms with Crippen LogP contribution < -0.4 is 0 Å². The zero-order chi connectivity index (χ0) is 13.1. The van der Waals surface area contributed by atoms with Gasteiger partial charge >= 0.3 is 0 Å². The first-order chi connectivity index (χ1) is 9.92. The molecule has 0 amide bonds. The fourth-order valence-corrected chi connectivity index (χ4v) is 7.51. The van der Waals surface area contributed by atoms with Crippen LogP contribution in [0.5, 0.6) is 0 Å². The van der Waals surface area contributed by atoms with Crippen LogP contribution in [0.25, 0.3) is 16.7 Å². The van der Waals surface area contributed by atoms with Gasteiger partial charge in [0.25, 0.3) is 0 Å². The van der Waals surface area contributed by atoms with E-state index in [4.69, 9.17) is 0 Å². The van der Waals surface area contributed by atoms with Crippen molar-refractivity contribution in [2.45, 2.75) is 9.79 Å². The van der Waals surface area contributed by atoms with Gasteiger partial charge in [0.15, 0.2) is 0 Å². The summed E-state index contributed by atoms with van der Waals surface area (Å²) in [4.78, 5) is 5.69. The second kappa shape index (κ2) is 4.28. The van der Waals surface area contributed by atoms with Gasteiger partial charge in [-0.15, -0.1) is 22.7 Å². The van der Waals surface area contributed by atoms with Gasteiger partial charge in [-0.2, -0.15) is 0 Å². The zero-order valence-corrected chi connectivity index (χ0v) is 13.5. The van der Waals surface area contributed by atoms with Gasteiger partial charge in [-0.3, -0.25) is 0 Å². The van der Waals surface area contributed by atoms with Crippen molar-refractivity contribution in [1.29, 1.82) is 0 Å². The van der Waals surface area contributed by atoms with Crippen molar-refractivity contribution in [3.8, 4) is 11.1 Å². The van der Waals surface area contributed by atoms with E-state index in [9.17, 15) is 0 Å². The average Bonchev–Trinajstić information content (AvgIpc) is 3.19. The Labute approximate surface area is 133 Å². The molecule has 2 aromatic heterocycles. The fraction of sp³-hybridized carbons (Fsp3) is 0. The Kier molecular flexibility index (Phi) is 2.50. The molecule has 3 heterocycles. The Balaban J connectivity index is 1.76. The second-order valence-corrected chi connectivity index (χ2v) is 8.84. The highest BCUT2D eigenvalue weighted by Crippen LogP contribution is 2.59. The normalized spacial score (nSPS) is 15.4. The van der Waals surface area contributed by atoms with Crippen LogP contribution in [0, 0.1) is 0 Å². The van der Waals surface area contributed by atoms with Crippen LogP contribution in [0.3, 0.4) is 0 Å². The summed E-state index contributed by atoms with van der Waals surface area (Å²) in [5.74, 6) is 0. The number of fused-ring (bicyclic) bond motifs is 4. The van der Waals surface area contributed by atoms with Gasteiger partial charge in [0.2, 0.25) is 0 Å². The molecule has 4 heteroatoms. The van der Waals surface area contributed by atoms with Crippen LogP contribution in [-0.2, 0) is 0 Å². The molecule has 0 unspecified atom stereocenters. The van der Waals surface area contributed by atoms with Crippen molar-refractivity contribution in [2.75, 3.05) is 0 Å². The third-order valence-corrected chi connectivity index (χ3v) is 7.96. The quantitative estimate of drug-likeness (QED) is 0.366. The Hall–Kier alpha value is -0.940. The van der Waals surface area contributed by atoms with Gasteiger partial charge in [0, 0.05) is 36.2 Å². The summed E-state index contributed by atoms with van der Waals surface area (Å²) in [6, 6.07) is 13.2. The van der Waals surface area contributed by atoms with Gasteiger partial charge in [-0.05, 0) is 35.0 Å². The van der Waals surface area contributed by atoms with E-state index in [-0.39, 0.29) is 0 Å². The van der Waals surface area contributed by atoms with Crippen molar-refractivity contribution in [3.05, 3.63) is 61.1 Å². The summed E-state index contributed by atoms with van der Waals surface area (Å²) in [7, 11) is 0. The van der Waals surface area contributed by atoms with E-state index in [1.54, 1.807) is 0 Å². The minimum atomic E-state index is 1.39. The summed E-state index contributed by atoms with van der Waals surface area (Å²) in [6.07, 6.45) is 0. The first-order valence-electron chi connectivity index (χ1n) is 6.27. The molecule has 0 saturated heterocycles. The molecule has 0 radical (unpaired) electrons. The van der Waals surface area contributed by atoms with Crippen LogP contribution in [-0.4, -0.2) is 0 Å². The Morgan fingerprint density at radius 3 is 1.75 bits per heavy atom. The highest BCUT2D eigenvalue weighted by molar-refractivity contribution is 8.25. The van der Waals surface area contributed by atoms with E-state index < -0.39 is 0 Å². The first kappa shape index (κ1) is 11.7. The molecule has 0 spiro atoms. The minimum absolute atomic E-state index is 1.39. The molecule has 1 aliphatic heterocycles. The molecule has 0 N–H and O–H groups in total. The predicted octanol–water partition coefficient (Wildman–Crippen LogP) is 6.40. The van der Waals surface area contributed by atoms with Gasteiger partial charge in [0.1, 0.15) is 0 Å². The van der Waals surface area contributed by atoms with Crippen molar-refractivity contribution < 1.29 is 0 Å². The molecule has 0 saturated carbocycles. The molecule has 20 heavy (non-hydrogen) atoms. The number of hydrogen-bond donors (Lipinski definition) is 0. The highest BCUT2D eigenvalue weighted by atomic mass is 32.2. The Morgan fingerprint density at radius 2 is 1.20 bits per heavy atom. The summed E-state index contributed by atoms with van der Waals surface area (Å²) >= 11 is 7.58. The molecule has 96 valence electrons. The van der Waals surface area contributed by atoms with Gasteiger partial charge < -0.3 is 0 Å². The molecular weight excluding hydrogens is 320 g/mol. The molecule has 1 aromatic carbocycles. The van der Waals surface area contributed by atoms with Crippen molar-refractivity contribution in [2.24, 2.45) is 0 Å². The van der Waals surface area contributed by atoms with Crippen molar-refractivity contribution in [3.63, 3.8) is 0 Å². The maximum atomic E-state index is 2.26. The lowest BCUT2D eigenvalue weighted by atomic mass is 10.2. The van der Waals surface area contributed by atoms with E-state index in [1.807, 2.05) is 46.2 Å². The third-order valence-electron chi connectivity index (χ3n) is 3.53. The first-order valence-corrected chi connectivity index (χ1v) is 9.66. The van der Waals surface area contributed by atoms with Crippen molar-refractivity contribution in [1.82, 2.24) is 0 Å². The van der Waals surface area contributed by atoms with E-state index in [0.29, 0.717) is 0 Å². The van der Waals surface area contributed by atoms with E-state index in [1.165, 1.54) is 40.5 Å². The zero-order valence-electron chi connectivity index (χ0n) is 10.3. The van der Waals surface area contributed by atoms with E-state index in [2.05, 4.69) is 47.2 Å². The molecule has 2 aliphatic rings. The minimum Gasteiger partial charge on any atom is -0.143 e. The lowest BCUT2D eigenvalue weighted by molar-refractivity contribution is 1.27. The fourth-order valence-electron chi connectivity index (χ4n) is 2.66.